The predicted octanol–water partition coefficient (Wildman–Crippen LogP) is 1.56. The van der Waals surface area contributed by atoms with Gasteiger partial charge in [-0.2, -0.15) is 0 Å². The fourth-order valence-corrected chi connectivity index (χ4v) is 1.25. The predicted molar refractivity (Wildman–Crippen MR) is 60.2 cm³/mol. The lowest BCUT2D eigenvalue weighted by Crippen LogP contribution is -2.43. The Kier molecular flexibility index (Phi) is 6.60. The number of amides is 1. The van der Waals surface area contributed by atoms with Gasteiger partial charge in [-0.25, -0.2) is 4.79 Å². The first-order valence-corrected chi connectivity index (χ1v) is 10.8. The van der Waals surface area contributed by atoms with Gasteiger partial charge in [0, 0.05) is 6.54 Å². The van der Waals surface area contributed by atoms with Crippen molar-refractivity contribution in [3.8, 4) is 0 Å². The summed E-state index contributed by atoms with van der Waals surface area (Å²) in [5.41, 5.74) is -1.13. The number of carbonyl (C=O) groups is 1. The highest BCUT2D eigenvalue weighted by Crippen LogP contribution is 2.25. The molecule has 4 nitrogen and oxygen atoms in total. The molecular formula is C7H14IMgNO3. The second-order valence-corrected chi connectivity index (χ2v) is 8.13. The van der Waals surface area contributed by atoms with Crippen molar-refractivity contribution in [2.45, 2.75) is 30.5 Å². The minimum absolute atomic E-state index is 0.387. The summed E-state index contributed by atoms with van der Waals surface area (Å²) in [6.07, 6.45) is 0.251. The van der Waals surface area contributed by atoms with E-state index >= 15 is 0 Å². The fourth-order valence-electron chi connectivity index (χ4n) is 1.25. The number of carboxylic acid groups (broad SMARTS) is 1. The monoisotopic (exact) mass is 311 g/mol. The summed E-state index contributed by atoms with van der Waals surface area (Å²) in [6, 6.07) is 0. The number of hydrogen-bond donors (Lipinski definition) is 2. The van der Waals surface area contributed by atoms with E-state index in [1.165, 1.54) is 6.92 Å². The Morgan fingerprint density at radius 2 is 2.15 bits per heavy atom. The van der Waals surface area contributed by atoms with Crippen molar-refractivity contribution in [2.24, 2.45) is 0 Å². The molecule has 1 aliphatic rings. The van der Waals surface area contributed by atoms with Crippen LogP contribution in [-0.2, 0) is 0 Å². The molecule has 1 amide bonds. The number of rotatable bonds is 0. The van der Waals surface area contributed by atoms with Crippen molar-refractivity contribution in [3.05, 3.63) is 0 Å². The molecule has 1 fully saturated rings. The molecule has 6 heteroatoms. The maximum Gasteiger partial charge on any atom is 0.460 e. The van der Waals surface area contributed by atoms with Crippen LogP contribution in [0.2, 0.25) is 5.05 Å². The first-order valence-electron chi connectivity index (χ1n) is 4.24. The number of nitrogens with zero attached hydrogens (tertiary/aromatic N) is 1. The number of hydrogen-bond acceptors (Lipinski definition) is 2. The lowest BCUT2D eigenvalue weighted by Gasteiger charge is -2.26. The SMILES string of the molecule is C[C@]1(O)CCCN1C(=O)O.[CH3][Mg][I]. The topological polar surface area (TPSA) is 60.8 Å². The summed E-state index contributed by atoms with van der Waals surface area (Å²) in [7, 11) is 0. The van der Waals surface area contributed by atoms with E-state index in [1.807, 2.05) is 0 Å². The van der Waals surface area contributed by atoms with Gasteiger partial charge in [-0.3, -0.25) is 4.90 Å². The second kappa shape index (κ2) is 6.25. The summed E-state index contributed by atoms with van der Waals surface area (Å²) >= 11 is 2.81. The van der Waals surface area contributed by atoms with Crippen molar-refractivity contribution in [1.29, 1.82) is 0 Å². The molecule has 0 radical (unpaired) electrons. The molecule has 2 N–H and O–H groups in total. The van der Waals surface area contributed by atoms with Gasteiger partial charge in [-0.15, -0.1) is 5.05 Å². The third-order valence-corrected chi connectivity index (χ3v) is 1.84. The van der Waals surface area contributed by atoms with Gasteiger partial charge in [0.05, 0.1) is 0 Å². The van der Waals surface area contributed by atoms with Gasteiger partial charge in [0.25, 0.3) is 0 Å². The molecule has 1 aliphatic heterocycles. The Morgan fingerprint density at radius 1 is 1.69 bits per heavy atom. The zero-order chi connectivity index (χ0) is 10.5. The van der Waals surface area contributed by atoms with Crippen LogP contribution >= 0.6 is 18.9 Å². The van der Waals surface area contributed by atoms with Gasteiger partial charge < -0.3 is 29.1 Å². The number of likely N-dealkylation sites (tertiary alicyclic amines) is 1. The summed E-state index contributed by atoms with van der Waals surface area (Å²) in [6.45, 7) is 1.97. The smallest absolute Gasteiger partial charge is 0.460 e. The first-order chi connectivity index (χ1) is 5.95. The molecule has 0 aromatic carbocycles. The second-order valence-electron chi connectivity index (χ2n) is 3.02. The Hall–Kier alpha value is 0.726. The molecule has 1 saturated heterocycles. The van der Waals surface area contributed by atoms with Gasteiger partial charge in [0.15, 0.2) is 0 Å². The normalized spacial score (nSPS) is 26.0. The quantitative estimate of drug-likeness (QED) is 0.527. The van der Waals surface area contributed by atoms with Crippen molar-refractivity contribution >= 4 is 41.4 Å². The first kappa shape index (κ1) is 13.7. The molecular weight excluding hydrogens is 297 g/mol. The molecule has 1 atom stereocenters. The highest BCUT2D eigenvalue weighted by atomic mass is 127. The van der Waals surface area contributed by atoms with Crippen molar-refractivity contribution < 1.29 is 15.0 Å². The van der Waals surface area contributed by atoms with Crippen LogP contribution in [0, 0.1) is 0 Å². The van der Waals surface area contributed by atoms with Gasteiger partial charge in [0.2, 0.25) is 0 Å². The average molecular weight is 311 g/mol. The summed E-state index contributed by atoms with van der Waals surface area (Å²) in [4.78, 5) is 11.4. The third-order valence-electron chi connectivity index (χ3n) is 1.84. The van der Waals surface area contributed by atoms with Gasteiger partial charge in [-0.1, -0.05) is 0 Å². The molecule has 74 valence electrons. The van der Waals surface area contributed by atoms with E-state index in [2.05, 4.69) is 23.9 Å². The summed E-state index contributed by atoms with van der Waals surface area (Å²) < 4.78 is 0. The Bertz CT molecular complexity index is 177. The van der Waals surface area contributed by atoms with E-state index in [9.17, 15) is 9.90 Å². The molecule has 0 aliphatic carbocycles. The highest BCUT2D eigenvalue weighted by Gasteiger charge is 2.37. The summed E-state index contributed by atoms with van der Waals surface area (Å²) in [5, 5.41) is 20.1. The molecule has 1 rings (SSSR count). The van der Waals surface area contributed by atoms with Crippen LogP contribution in [0.15, 0.2) is 0 Å². The standard InChI is InChI=1S/C6H11NO3.CH3.HI.Mg/c1-6(10)3-2-4-7(6)5(8)9;;;/h10H,2-4H2,1H3,(H,8,9);1H3;1H;/q;;;+1/p-1/t6-;;;/m0.../s1. The molecule has 13 heavy (non-hydrogen) atoms. The van der Waals surface area contributed by atoms with Crippen LogP contribution < -0.4 is 0 Å². The maximum absolute atomic E-state index is 10.4. The molecule has 1 heterocycles. The third kappa shape index (κ3) is 4.66. The Morgan fingerprint density at radius 3 is 2.31 bits per heavy atom. The minimum atomic E-state index is -1.13. The molecule has 0 aromatic heterocycles. The fraction of sp³-hybridized carbons (Fsp3) is 0.857. The van der Waals surface area contributed by atoms with E-state index in [0.29, 0.717) is 29.4 Å². The Labute approximate surface area is 97.8 Å². The summed E-state index contributed by atoms with van der Waals surface area (Å²) in [5.74, 6) is 0. The van der Waals surface area contributed by atoms with Crippen LogP contribution in [0.1, 0.15) is 19.8 Å². The molecule has 0 bridgehead atoms. The van der Waals surface area contributed by atoms with E-state index in [0.717, 1.165) is 11.3 Å². The van der Waals surface area contributed by atoms with Crippen LogP contribution in [0.25, 0.3) is 0 Å². The van der Waals surface area contributed by atoms with E-state index in [1.54, 1.807) is 0 Å². The van der Waals surface area contributed by atoms with Gasteiger partial charge in [-0.05, 0) is 19.8 Å². The number of aliphatic hydroxyl groups is 1. The van der Waals surface area contributed by atoms with Gasteiger partial charge >= 0.3 is 22.6 Å². The van der Waals surface area contributed by atoms with E-state index in [-0.39, 0.29) is 0 Å². The van der Waals surface area contributed by atoms with E-state index in [4.69, 9.17) is 5.11 Å². The van der Waals surface area contributed by atoms with E-state index < -0.39 is 11.8 Å². The van der Waals surface area contributed by atoms with Crippen LogP contribution in [0.4, 0.5) is 4.79 Å². The van der Waals surface area contributed by atoms with Crippen molar-refractivity contribution in [2.75, 3.05) is 6.54 Å². The minimum Gasteiger partial charge on any atom is -0.465 e. The van der Waals surface area contributed by atoms with Crippen molar-refractivity contribution in [3.63, 3.8) is 0 Å². The molecule has 0 spiro atoms. The zero-order valence-corrected chi connectivity index (χ0v) is 11.5. The lowest BCUT2D eigenvalue weighted by molar-refractivity contribution is -0.0494. The largest absolute Gasteiger partial charge is 0.465 e. The lowest BCUT2D eigenvalue weighted by atomic mass is 10.2. The zero-order valence-electron chi connectivity index (χ0n) is 7.96. The van der Waals surface area contributed by atoms with Crippen LogP contribution in [0.3, 0.4) is 0 Å². The average Bonchev–Trinajstić information content (AvgIpc) is 2.30. The van der Waals surface area contributed by atoms with Crippen molar-refractivity contribution in [1.82, 2.24) is 4.90 Å². The molecule has 0 saturated carbocycles. The Balaban J connectivity index is 0.000000424. The molecule has 0 unspecified atom stereocenters. The van der Waals surface area contributed by atoms with Gasteiger partial charge in [0.1, 0.15) is 5.72 Å². The number of halogens is 1. The molecule has 0 aromatic rings. The highest BCUT2D eigenvalue weighted by molar-refractivity contribution is 14.1. The maximum atomic E-state index is 10.4. The van der Waals surface area contributed by atoms with Crippen LogP contribution in [0.5, 0.6) is 0 Å². The van der Waals surface area contributed by atoms with Crippen LogP contribution in [-0.4, -0.2) is 50.0 Å².